The summed E-state index contributed by atoms with van der Waals surface area (Å²) in [6.07, 6.45) is 0.464. The Hall–Kier alpha value is -2.08. The number of nitrogens with one attached hydrogen (secondary N) is 1. The molecule has 1 atom stereocenters. The minimum absolute atomic E-state index is 0.0102. The summed E-state index contributed by atoms with van der Waals surface area (Å²) in [5.41, 5.74) is 0.440. The van der Waals surface area contributed by atoms with Gasteiger partial charge < -0.3 is 10.1 Å². The summed E-state index contributed by atoms with van der Waals surface area (Å²) in [6.45, 7) is 2.32. The van der Waals surface area contributed by atoms with Gasteiger partial charge in [0.05, 0.1) is 23.7 Å². The number of fused-ring (bicyclic) bond motifs is 1. The molecule has 0 bridgehead atoms. The van der Waals surface area contributed by atoms with Gasteiger partial charge in [0.25, 0.3) is 5.91 Å². The van der Waals surface area contributed by atoms with Gasteiger partial charge >= 0.3 is 0 Å². The number of rotatable bonds is 4. The standard InChI is InChI=1S/C17H19NO4S/c1-2-22-16-10-13-6-4-3-5-12(13)9-15(16)17(19)18-14-7-8-23(20,21)11-14/h3-6,9-10,14H,2,7-8,11H2,1H3,(H,18,19)/t14-/m0/s1. The zero-order chi connectivity index (χ0) is 16.4. The van der Waals surface area contributed by atoms with Crippen LogP contribution in [0.15, 0.2) is 36.4 Å². The van der Waals surface area contributed by atoms with Gasteiger partial charge in [-0.15, -0.1) is 0 Å². The quantitative estimate of drug-likeness (QED) is 0.930. The molecule has 0 aliphatic carbocycles. The van der Waals surface area contributed by atoms with Crippen LogP contribution in [0.2, 0.25) is 0 Å². The summed E-state index contributed by atoms with van der Waals surface area (Å²) < 4.78 is 28.6. The monoisotopic (exact) mass is 333 g/mol. The number of hydrogen-bond donors (Lipinski definition) is 1. The summed E-state index contributed by atoms with van der Waals surface area (Å²) in [5, 5.41) is 4.76. The van der Waals surface area contributed by atoms with Gasteiger partial charge in [0.1, 0.15) is 5.75 Å². The highest BCUT2D eigenvalue weighted by Crippen LogP contribution is 2.26. The lowest BCUT2D eigenvalue weighted by Crippen LogP contribution is -2.35. The van der Waals surface area contributed by atoms with Gasteiger partial charge in [-0.3, -0.25) is 4.79 Å². The molecule has 2 aromatic rings. The van der Waals surface area contributed by atoms with E-state index in [0.29, 0.717) is 24.3 Å². The number of amides is 1. The fraction of sp³-hybridized carbons (Fsp3) is 0.353. The molecule has 0 saturated carbocycles. The van der Waals surface area contributed by atoms with Crippen LogP contribution in [-0.4, -0.2) is 38.5 Å². The van der Waals surface area contributed by atoms with E-state index in [1.54, 1.807) is 6.07 Å². The summed E-state index contributed by atoms with van der Waals surface area (Å²) in [5.74, 6) is 0.371. The SMILES string of the molecule is CCOc1cc2ccccc2cc1C(=O)N[C@H]1CCS(=O)(=O)C1. The molecular formula is C17H19NO4S. The molecule has 0 spiro atoms. The second-order valence-electron chi connectivity index (χ2n) is 5.70. The van der Waals surface area contributed by atoms with E-state index in [2.05, 4.69) is 5.32 Å². The zero-order valence-electron chi connectivity index (χ0n) is 12.9. The van der Waals surface area contributed by atoms with Crippen LogP contribution in [0.3, 0.4) is 0 Å². The Morgan fingerprint density at radius 2 is 1.96 bits per heavy atom. The molecule has 23 heavy (non-hydrogen) atoms. The molecular weight excluding hydrogens is 314 g/mol. The highest BCUT2D eigenvalue weighted by molar-refractivity contribution is 7.91. The Labute approximate surface area is 135 Å². The smallest absolute Gasteiger partial charge is 0.255 e. The van der Waals surface area contributed by atoms with Crippen LogP contribution in [0.4, 0.5) is 0 Å². The van der Waals surface area contributed by atoms with E-state index in [1.807, 2.05) is 37.3 Å². The molecule has 0 radical (unpaired) electrons. The maximum absolute atomic E-state index is 12.6. The third kappa shape index (κ3) is 3.47. The fourth-order valence-electron chi connectivity index (χ4n) is 2.84. The molecule has 1 N–H and O–H groups in total. The molecule has 1 aliphatic rings. The predicted octanol–water partition coefficient (Wildman–Crippen LogP) is 2.16. The fourth-order valence-corrected chi connectivity index (χ4v) is 4.52. The molecule has 122 valence electrons. The van der Waals surface area contributed by atoms with Crippen LogP contribution in [0.5, 0.6) is 5.75 Å². The number of carbonyl (C=O) groups is 1. The molecule has 5 nitrogen and oxygen atoms in total. The summed E-state index contributed by atoms with van der Waals surface area (Å²) in [4.78, 5) is 12.6. The first-order chi connectivity index (χ1) is 11.0. The van der Waals surface area contributed by atoms with Crippen molar-refractivity contribution in [3.05, 3.63) is 42.0 Å². The van der Waals surface area contributed by atoms with E-state index < -0.39 is 9.84 Å². The number of sulfone groups is 1. The Bertz CT molecular complexity index is 845. The minimum Gasteiger partial charge on any atom is -0.493 e. The lowest BCUT2D eigenvalue weighted by atomic mass is 10.0. The van der Waals surface area contributed by atoms with Crippen molar-refractivity contribution in [1.29, 1.82) is 0 Å². The van der Waals surface area contributed by atoms with Crippen LogP contribution >= 0.6 is 0 Å². The molecule has 1 heterocycles. The summed E-state index contributed by atoms with van der Waals surface area (Å²) >= 11 is 0. The van der Waals surface area contributed by atoms with E-state index in [1.165, 1.54) is 0 Å². The van der Waals surface area contributed by atoms with Crippen molar-refractivity contribution in [3.63, 3.8) is 0 Å². The topological polar surface area (TPSA) is 72.5 Å². The molecule has 3 rings (SSSR count). The molecule has 0 unspecified atom stereocenters. The maximum Gasteiger partial charge on any atom is 0.255 e. The van der Waals surface area contributed by atoms with Crippen LogP contribution < -0.4 is 10.1 Å². The number of ether oxygens (including phenoxy) is 1. The molecule has 1 fully saturated rings. The van der Waals surface area contributed by atoms with E-state index in [-0.39, 0.29) is 23.5 Å². The first-order valence-corrected chi connectivity index (χ1v) is 9.47. The minimum atomic E-state index is -3.02. The van der Waals surface area contributed by atoms with Crippen LogP contribution in [0.1, 0.15) is 23.7 Å². The number of carbonyl (C=O) groups excluding carboxylic acids is 1. The Morgan fingerprint density at radius 1 is 1.26 bits per heavy atom. The maximum atomic E-state index is 12.6. The molecule has 1 aliphatic heterocycles. The first-order valence-electron chi connectivity index (χ1n) is 7.65. The van der Waals surface area contributed by atoms with Crippen LogP contribution in [0, 0.1) is 0 Å². The van der Waals surface area contributed by atoms with Gasteiger partial charge in [-0.2, -0.15) is 0 Å². The van der Waals surface area contributed by atoms with Crippen molar-refractivity contribution in [2.24, 2.45) is 0 Å². The van der Waals surface area contributed by atoms with Gasteiger partial charge in [-0.1, -0.05) is 24.3 Å². The lowest BCUT2D eigenvalue weighted by Gasteiger charge is -2.15. The highest BCUT2D eigenvalue weighted by atomic mass is 32.2. The molecule has 0 aromatic heterocycles. The predicted molar refractivity (Wildman–Crippen MR) is 89.6 cm³/mol. The average Bonchev–Trinajstić information content (AvgIpc) is 2.85. The van der Waals surface area contributed by atoms with Crippen molar-refractivity contribution < 1.29 is 17.9 Å². The number of benzene rings is 2. The Balaban J connectivity index is 1.90. The van der Waals surface area contributed by atoms with Crippen molar-refractivity contribution in [3.8, 4) is 5.75 Å². The van der Waals surface area contributed by atoms with Crippen LogP contribution in [0.25, 0.3) is 10.8 Å². The third-order valence-electron chi connectivity index (χ3n) is 3.96. The van der Waals surface area contributed by atoms with Crippen molar-refractivity contribution >= 4 is 26.5 Å². The van der Waals surface area contributed by atoms with Crippen molar-refractivity contribution in [2.75, 3.05) is 18.1 Å². The van der Waals surface area contributed by atoms with Gasteiger partial charge in [0.15, 0.2) is 9.84 Å². The molecule has 1 amide bonds. The zero-order valence-corrected chi connectivity index (χ0v) is 13.7. The highest BCUT2D eigenvalue weighted by Gasteiger charge is 2.29. The van der Waals surface area contributed by atoms with Gasteiger partial charge in [-0.25, -0.2) is 8.42 Å². The van der Waals surface area contributed by atoms with E-state index >= 15 is 0 Å². The number of hydrogen-bond acceptors (Lipinski definition) is 4. The first kappa shape index (κ1) is 15.8. The van der Waals surface area contributed by atoms with Gasteiger partial charge in [0.2, 0.25) is 0 Å². The van der Waals surface area contributed by atoms with Gasteiger partial charge in [0, 0.05) is 6.04 Å². The van der Waals surface area contributed by atoms with Crippen LogP contribution in [-0.2, 0) is 9.84 Å². The van der Waals surface area contributed by atoms with Crippen molar-refractivity contribution in [2.45, 2.75) is 19.4 Å². The van der Waals surface area contributed by atoms with Gasteiger partial charge in [-0.05, 0) is 36.2 Å². The second-order valence-corrected chi connectivity index (χ2v) is 7.93. The normalized spacial score (nSPS) is 19.6. The van der Waals surface area contributed by atoms with E-state index in [4.69, 9.17) is 4.74 Å². The molecule has 6 heteroatoms. The average molecular weight is 333 g/mol. The second kappa shape index (κ2) is 6.20. The largest absolute Gasteiger partial charge is 0.493 e. The van der Waals surface area contributed by atoms with E-state index in [9.17, 15) is 13.2 Å². The van der Waals surface area contributed by atoms with Crippen molar-refractivity contribution in [1.82, 2.24) is 5.32 Å². The van der Waals surface area contributed by atoms with E-state index in [0.717, 1.165) is 10.8 Å². The lowest BCUT2D eigenvalue weighted by molar-refractivity contribution is 0.0937. The molecule has 2 aromatic carbocycles. The molecule has 1 saturated heterocycles. The third-order valence-corrected chi connectivity index (χ3v) is 5.73. The summed E-state index contributed by atoms with van der Waals surface area (Å²) in [6, 6.07) is 11.0. The Kier molecular flexibility index (Phi) is 4.26. The summed E-state index contributed by atoms with van der Waals surface area (Å²) in [7, 11) is -3.02. The Morgan fingerprint density at radius 3 is 2.57 bits per heavy atom.